The van der Waals surface area contributed by atoms with E-state index in [-0.39, 0.29) is 0 Å². The lowest BCUT2D eigenvalue weighted by Crippen LogP contribution is -1.77. The van der Waals surface area contributed by atoms with Crippen LogP contribution in [0.3, 0.4) is 0 Å². The van der Waals surface area contributed by atoms with Crippen molar-refractivity contribution in [2.24, 2.45) is 0 Å². The van der Waals surface area contributed by atoms with Crippen LogP contribution >= 0.6 is 15.4 Å². The van der Waals surface area contributed by atoms with E-state index in [0.29, 0.717) is 0 Å². The van der Waals surface area contributed by atoms with Gasteiger partial charge in [-0.3, -0.25) is 4.57 Å². The molecule has 0 aromatic heterocycles. The van der Waals surface area contributed by atoms with E-state index in [1.807, 2.05) is 0 Å². The van der Waals surface area contributed by atoms with Gasteiger partial charge < -0.3 is 4.52 Å². The van der Waals surface area contributed by atoms with Gasteiger partial charge >= 0.3 is 7.28 Å². The molecule has 0 saturated carbocycles. The van der Waals surface area contributed by atoms with Crippen molar-refractivity contribution >= 4 is 15.4 Å². The van der Waals surface area contributed by atoms with E-state index in [9.17, 15) is 9.13 Å². The molecule has 0 saturated heterocycles. The lowest BCUT2D eigenvalue weighted by molar-refractivity contribution is -0.143. The molecule has 0 radical (unpaired) electrons. The highest BCUT2D eigenvalue weighted by Gasteiger charge is 2.22. The number of rotatable bonds is 3. The Bertz CT molecular complexity index is 112. The zero-order chi connectivity index (χ0) is 6.62. The lowest BCUT2D eigenvalue weighted by atomic mass is 11.8. The Balaban J connectivity index is 3.99. The van der Waals surface area contributed by atoms with Crippen LogP contribution in [0.1, 0.15) is 0 Å². The first kappa shape index (κ1) is 8.21. The molecule has 0 aliphatic rings. The molecular weight excluding hydrogens is 154 g/mol. The standard InChI is InChI=1S/CH4O5P2/c1-5-8(4,6-2)7-3/h2H,1H3. The van der Waals surface area contributed by atoms with Gasteiger partial charge in [-0.05, 0) is 0 Å². The van der Waals surface area contributed by atoms with Crippen LogP contribution in [0.2, 0.25) is 0 Å². The summed E-state index contributed by atoms with van der Waals surface area (Å²) in [7, 11) is -3.53. The fraction of sp³-hybridized carbons (Fsp3) is 1.00. The molecule has 0 aromatic carbocycles. The van der Waals surface area contributed by atoms with Crippen molar-refractivity contribution in [1.82, 2.24) is 0 Å². The maximum atomic E-state index is 10.3. The summed E-state index contributed by atoms with van der Waals surface area (Å²) in [4.78, 5) is 0. The molecule has 1 unspecified atom stereocenters. The van der Waals surface area contributed by atoms with E-state index in [4.69, 9.17) is 5.26 Å². The first-order chi connectivity index (χ1) is 3.68. The maximum absolute atomic E-state index is 10.3. The molecular formula is CH4O5P2. The van der Waals surface area contributed by atoms with Gasteiger partial charge in [0, 0.05) is 7.11 Å². The van der Waals surface area contributed by atoms with Gasteiger partial charge in [-0.15, -0.1) is 4.67 Å². The molecule has 0 aliphatic carbocycles. The Hall–Kier alpha value is 0.210. The third-order valence-electron chi connectivity index (χ3n) is 0.434. The normalized spacial score (nSPS) is 18.2. The molecule has 1 N–H and O–H groups in total. The minimum atomic E-state index is -3.69. The molecule has 8 heavy (non-hydrogen) atoms. The molecule has 7 heteroatoms. The van der Waals surface area contributed by atoms with Crippen LogP contribution in [0, 0.1) is 0 Å². The Morgan fingerprint density at radius 1 is 1.75 bits per heavy atom. The molecule has 0 rings (SSSR count). The second-order valence-corrected chi connectivity index (χ2v) is 4.40. The summed E-state index contributed by atoms with van der Waals surface area (Å²) >= 11 is 0. The molecule has 0 heterocycles. The van der Waals surface area contributed by atoms with Crippen LogP contribution in [0.4, 0.5) is 0 Å². The fourth-order valence-electron chi connectivity index (χ4n) is 0.0816. The first-order valence-electron chi connectivity index (χ1n) is 1.52. The molecule has 0 spiro atoms. The topological polar surface area (TPSA) is 72.8 Å². The van der Waals surface area contributed by atoms with Gasteiger partial charge in [0.2, 0.25) is 0 Å². The van der Waals surface area contributed by atoms with E-state index in [1.165, 1.54) is 0 Å². The van der Waals surface area contributed by atoms with E-state index in [0.717, 1.165) is 7.11 Å². The molecule has 0 bridgehead atoms. The van der Waals surface area contributed by atoms with Gasteiger partial charge in [0.1, 0.15) is 0 Å². The van der Waals surface area contributed by atoms with Crippen LogP contribution in [0.25, 0.3) is 0 Å². The van der Waals surface area contributed by atoms with Crippen molar-refractivity contribution in [1.29, 1.82) is 0 Å². The second-order valence-electron chi connectivity index (χ2n) is 0.814. The highest BCUT2D eigenvalue weighted by atomic mass is 32.1. The summed E-state index contributed by atoms with van der Waals surface area (Å²) in [6.45, 7) is 0. The summed E-state index contributed by atoms with van der Waals surface area (Å²) in [6.07, 6.45) is 0. The average molecular weight is 158 g/mol. The second kappa shape index (κ2) is 3.28. The minimum absolute atomic E-state index is 0.852. The first-order valence-corrected chi connectivity index (χ1v) is 4.58. The quantitative estimate of drug-likeness (QED) is 0.383. The molecule has 1 atom stereocenters. The smallest absolute Gasteiger partial charge is 0.302 e. The van der Waals surface area contributed by atoms with Crippen molar-refractivity contribution in [3.63, 3.8) is 0 Å². The van der Waals surface area contributed by atoms with Gasteiger partial charge in [0.15, 0.2) is 0 Å². The van der Waals surface area contributed by atoms with E-state index in [1.54, 1.807) is 0 Å². The maximum Gasteiger partial charge on any atom is 0.445 e. The van der Waals surface area contributed by atoms with Crippen LogP contribution in [-0.2, 0) is 18.3 Å². The molecule has 0 fully saturated rings. The summed E-state index contributed by atoms with van der Waals surface area (Å²) in [5, 5.41) is 7.69. The third kappa shape index (κ3) is 1.99. The Kier molecular flexibility index (Phi) is 3.36. The van der Waals surface area contributed by atoms with Crippen molar-refractivity contribution in [2.45, 2.75) is 0 Å². The highest BCUT2D eigenvalue weighted by molar-refractivity contribution is 8.14. The van der Waals surface area contributed by atoms with Crippen molar-refractivity contribution in [2.75, 3.05) is 7.11 Å². The van der Waals surface area contributed by atoms with Gasteiger partial charge in [-0.1, -0.05) is 0 Å². The molecule has 0 amide bonds. The zero-order valence-electron chi connectivity index (χ0n) is 3.97. The van der Waals surface area contributed by atoms with Gasteiger partial charge in [-0.2, -0.15) is 0 Å². The Labute approximate surface area is 47.2 Å². The lowest BCUT2D eigenvalue weighted by Gasteiger charge is -1.98. The van der Waals surface area contributed by atoms with Gasteiger partial charge in [-0.25, -0.2) is 9.82 Å². The van der Waals surface area contributed by atoms with Crippen LogP contribution in [-0.4, -0.2) is 12.4 Å². The number of hydrogen-bond donors (Lipinski definition) is 1. The third-order valence-corrected chi connectivity index (χ3v) is 2.61. The summed E-state index contributed by atoms with van der Waals surface area (Å²) < 4.78 is 27.3. The van der Waals surface area contributed by atoms with Crippen molar-refractivity contribution in [3.05, 3.63) is 0 Å². The van der Waals surface area contributed by atoms with Crippen molar-refractivity contribution < 1.29 is 23.6 Å². The fourth-order valence-corrected chi connectivity index (χ4v) is 0.534. The molecule has 0 aliphatic heterocycles. The zero-order valence-corrected chi connectivity index (χ0v) is 5.76. The van der Waals surface area contributed by atoms with Crippen LogP contribution in [0.5, 0.6) is 0 Å². The Morgan fingerprint density at radius 3 is 2.25 bits per heavy atom. The SMILES string of the molecule is COP(=O)(OO)P=O. The molecule has 48 valence electrons. The van der Waals surface area contributed by atoms with E-state index in [2.05, 4.69) is 9.20 Å². The summed E-state index contributed by atoms with van der Waals surface area (Å²) in [6, 6.07) is 0. The number of hydrogen-bond acceptors (Lipinski definition) is 5. The predicted molar refractivity (Wildman–Crippen MR) is 25.9 cm³/mol. The molecule has 0 aromatic rings. The van der Waals surface area contributed by atoms with Crippen LogP contribution < -0.4 is 0 Å². The van der Waals surface area contributed by atoms with Gasteiger partial charge in [0.05, 0.1) is 0 Å². The van der Waals surface area contributed by atoms with E-state index < -0.39 is 15.4 Å². The Morgan fingerprint density at radius 2 is 2.25 bits per heavy atom. The van der Waals surface area contributed by atoms with Crippen molar-refractivity contribution in [3.8, 4) is 0 Å². The summed E-state index contributed by atoms with van der Waals surface area (Å²) in [5.41, 5.74) is 0. The van der Waals surface area contributed by atoms with Gasteiger partial charge in [0.25, 0.3) is 8.15 Å². The van der Waals surface area contributed by atoms with Crippen LogP contribution in [0.15, 0.2) is 0 Å². The predicted octanol–water partition coefficient (Wildman–Crippen LogP) is 1.52. The molecule has 5 nitrogen and oxygen atoms in total. The summed E-state index contributed by atoms with van der Waals surface area (Å²) in [5.74, 6) is 0. The average Bonchev–Trinajstić information content (AvgIpc) is 1.87. The largest absolute Gasteiger partial charge is 0.445 e. The monoisotopic (exact) mass is 158 g/mol. The minimum Gasteiger partial charge on any atom is -0.302 e. The van der Waals surface area contributed by atoms with E-state index >= 15 is 0 Å². The highest BCUT2D eigenvalue weighted by Crippen LogP contribution is 2.58.